The lowest BCUT2D eigenvalue weighted by molar-refractivity contribution is -0.416. The molecule has 1 saturated carbocycles. The summed E-state index contributed by atoms with van der Waals surface area (Å²) < 4.78 is 162. The van der Waals surface area contributed by atoms with Crippen LogP contribution in [0.5, 0.6) is 0 Å². The molecule has 0 N–H and O–H groups in total. The van der Waals surface area contributed by atoms with Gasteiger partial charge in [0, 0.05) is 0 Å². The van der Waals surface area contributed by atoms with Crippen molar-refractivity contribution >= 4 is 5.78 Å². The van der Waals surface area contributed by atoms with Crippen LogP contribution in [-0.2, 0) is 9.53 Å². The molecule has 0 saturated heterocycles. The number of halogens is 12. The first-order valence-corrected chi connectivity index (χ1v) is 8.79. The summed E-state index contributed by atoms with van der Waals surface area (Å²) >= 11 is 0. The summed E-state index contributed by atoms with van der Waals surface area (Å²) in [6.45, 7) is -1.27. The van der Waals surface area contributed by atoms with Gasteiger partial charge >= 0.3 is 36.0 Å². The van der Waals surface area contributed by atoms with E-state index in [2.05, 4.69) is 4.74 Å². The van der Waals surface area contributed by atoms with E-state index >= 15 is 0 Å². The monoisotopic (exact) mass is 482 g/mol. The standard InChI is InChI=1S/C17H18F12O2/c1-9(30)2-3-10-4-6-11(7-5-10)31-8-13(20,21)15(24,25)17(28,29)16(26,27)14(22,23)12(18)19/h2-3,10-12H,4-8H2,1H3/b3-2+. The molecule has 0 atom stereocenters. The predicted octanol–water partition coefficient (Wildman–Crippen LogP) is 6.15. The third-order valence-electron chi connectivity index (χ3n) is 4.76. The number of carbonyl (C=O) groups excluding carboxylic acids is 1. The second-order valence-corrected chi connectivity index (χ2v) is 7.17. The average molecular weight is 482 g/mol. The van der Waals surface area contributed by atoms with Crippen molar-refractivity contribution in [3.63, 3.8) is 0 Å². The van der Waals surface area contributed by atoms with Gasteiger partial charge in [0.15, 0.2) is 5.78 Å². The fourth-order valence-corrected chi connectivity index (χ4v) is 2.81. The zero-order chi connectivity index (χ0) is 24.5. The van der Waals surface area contributed by atoms with Gasteiger partial charge in [0.25, 0.3) is 0 Å². The normalized spacial score (nSPS) is 22.4. The van der Waals surface area contributed by atoms with Gasteiger partial charge in [-0.15, -0.1) is 0 Å². The molecule has 0 heterocycles. The average Bonchev–Trinajstić information content (AvgIpc) is 2.64. The Morgan fingerprint density at radius 2 is 1.35 bits per heavy atom. The molecule has 1 rings (SSSR count). The molecule has 182 valence electrons. The zero-order valence-electron chi connectivity index (χ0n) is 15.8. The molecule has 1 aliphatic carbocycles. The third kappa shape index (κ3) is 5.30. The molecular weight excluding hydrogens is 464 g/mol. The molecule has 31 heavy (non-hydrogen) atoms. The summed E-state index contributed by atoms with van der Waals surface area (Å²) in [5.74, 6) is -35.7. The van der Waals surface area contributed by atoms with Crippen molar-refractivity contribution in [3.8, 4) is 0 Å². The molecule has 0 aromatic carbocycles. The van der Waals surface area contributed by atoms with Crippen LogP contribution >= 0.6 is 0 Å². The van der Waals surface area contributed by atoms with Crippen LogP contribution in [0.1, 0.15) is 32.6 Å². The van der Waals surface area contributed by atoms with E-state index < -0.39 is 48.7 Å². The van der Waals surface area contributed by atoms with Crippen molar-refractivity contribution in [3.05, 3.63) is 12.2 Å². The molecule has 0 amide bonds. The Morgan fingerprint density at radius 1 is 0.871 bits per heavy atom. The molecule has 1 fully saturated rings. The summed E-state index contributed by atoms with van der Waals surface area (Å²) in [6, 6.07) is 0. The second-order valence-electron chi connectivity index (χ2n) is 7.17. The fraction of sp³-hybridized carbons (Fsp3) is 0.824. The van der Waals surface area contributed by atoms with E-state index in [9.17, 15) is 57.5 Å². The van der Waals surface area contributed by atoms with Crippen LogP contribution in [0.25, 0.3) is 0 Å². The SMILES string of the molecule is CC(=O)/C=C/C1CCC(OCC(F)(F)C(F)(F)C(F)(F)C(F)(F)C(F)(F)C(F)F)CC1. The Balaban J connectivity index is 2.89. The number of hydrogen-bond donors (Lipinski definition) is 0. The summed E-state index contributed by atoms with van der Waals surface area (Å²) in [7, 11) is 0. The Labute approximate surface area is 168 Å². The van der Waals surface area contributed by atoms with Gasteiger partial charge in [-0.3, -0.25) is 4.79 Å². The first-order valence-electron chi connectivity index (χ1n) is 8.79. The van der Waals surface area contributed by atoms with E-state index in [1.807, 2.05) is 0 Å². The molecule has 0 aliphatic heterocycles. The molecule has 0 bridgehead atoms. The maximum atomic E-state index is 13.7. The van der Waals surface area contributed by atoms with Crippen molar-refractivity contribution in [2.45, 2.75) is 74.7 Å². The maximum Gasteiger partial charge on any atom is 0.384 e. The topological polar surface area (TPSA) is 26.3 Å². The highest BCUT2D eigenvalue weighted by Crippen LogP contribution is 2.58. The summed E-state index contributed by atoms with van der Waals surface area (Å²) in [4.78, 5) is 10.8. The lowest BCUT2D eigenvalue weighted by atomic mass is 9.87. The number of ketones is 1. The quantitative estimate of drug-likeness (QED) is 0.276. The van der Waals surface area contributed by atoms with E-state index in [0.717, 1.165) is 0 Å². The summed E-state index contributed by atoms with van der Waals surface area (Å²) in [5, 5.41) is 0. The molecule has 0 radical (unpaired) electrons. The fourth-order valence-electron chi connectivity index (χ4n) is 2.81. The molecule has 0 aromatic rings. The Bertz CT molecular complexity index is 651. The number of carbonyl (C=O) groups is 1. The van der Waals surface area contributed by atoms with E-state index in [1.54, 1.807) is 0 Å². The van der Waals surface area contributed by atoms with Crippen molar-refractivity contribution in [2.75, 3.05) is 6.61 Å². The van der Waals surface area contributed by atoms with E-state index in [1.165, 1.54) is 19.1 Å². The highest BCUT2D eigenvalue weighted by atomic mass is 19.4. The first kappa shape index (κ1) is 27.6. The predicted molar refractivity (Wildman–Crippen MR) is 82.3 cm³/mol. The number of alkyl halides is 12. The molecule has 14 heteroatoms. The summed E-state index contributed by atoms with van der Waals surface area (Å²) in [6.07, 6.45) is -3.52. The molecule has 1 aliphatic rings. The number of rotatable bonds is 10. The van der Waals surface area contributed by atoms with E-state index in [-0.39, 0.29) is 37.4 Å². The van der Waals surface area contributed by atoms with Crippen LogP contribution in [-0.4, -0.2) is 54.5 Å². The molecule has 2 nitrogen and oxygen atoms in total. The first-order chi connectivity index (χ1) is 13.8. The molecule has 0 unspecified atom stereocenters. The van der Waals surface area contributed by atoms with E-state index in [4.69, 9.17) is 0 Å². The lowest BCUT2D eigenvalue weighted by Crippen LogP contribution is -2.69. The van der Waals surface area contributed by atoms with Crippen molar-refractivity contribution < 1.29 is 62.2 Å². The van der Waals surface area contributed by atoms with Crippen LogP contribution in [0.4, 0.5) is 52.7 Å². The van der Waals surface area contributed by atoms with Crippen molar-refractivity contribution in [1.29, 1.82) is 0 Å². The Morgan fingerprint density at radius 3 is 1.77 bits per heavy atom. The highest BCUT2D eigenvalue weighted by Gasteiger charge is 2.87. The largest absolute Gasteiger partial charge is 0.384 e. The van der Waals surface area contributed by atoms with Crippen molar-refractivity contribution in [2.24, 2.45) is 5.92 Å². The second kappa shape index (κ2) is 9.18. The number of allylic oxidation sites excluding steroid dienone is 2. The van der Waals surface area contributed by atoms with Gasteiger partial charge in [-0.25, -0.2) is 8.78 Å². The van der Waals surface area contributed by atoms with Gasteiger partial charge in [-0.1, -0.05) is 6.08 Å². The van der Waals surface area contributed by atoms with Gasteiger partial charge in [0.05, 0.1) is 6.10 Å². The molecule has 0 spiro atoms. The van der Waals surface area contributed by atoms with Gasteiger partial charge in [-0.05, 0) is 44.6 Å². The third-order valence-corrected chi connectivity index (χ3v) is 4.76. The van der Waals surface area contributed by atoms with Gasteiger partial charge < -0.3 is 4.74 Å². The smallest absolute Gasteiger partial charge is 0.372 e. The van der Waals surface area contributed by atoms with Crippen LogP contribution in [0.3, 0.4) is 0 Å². The van der Waals surface area contributed by atoms with Crippen LogP contribution in [0.2, 0.25) is 0 Å². The summed E-state index contributed by atoms with van der Waals surface area (Å²) in [5.41, 5.74) is 0. The van der Waals surface area contributed by atoms with Gasteiger partial charge in [0.1, 0.15) is 6.61 Å². The van der Waals surface area contributed by atoms with Crippen LogP contribution < -0.4 is 0 Å². The van der Waals surface area contributed by atoms with Gasteiger partial charge in [-0.2, -0.15) is 43.9 Å². The number of ether oxygens (including phenoxy) is 1. The zero-order valence-corrected chi connectivity index (χ0v) is 15.8. The molecule has 0 aromatic heterocycles. The maximum absolute atomic E-state index is 13.7. The lowest BCUT2D eigenvalue weighted by Gasteiger charge is -2.39. The van der Waals surface area contributed by atoms with Gasteiger partial charge in [0.2, 0.25) is 0 Å². The Hall–Kier alpha value is -1.47. The minimum Gasteiger partial charge on any atom is -0.372 e. The van der Waals surface area contributed by atoms with Crippen LogP contribution in [0.15, 0.2) is 12.2 Å². The number of hydrogen-bond acceptors (Lipinski definition) is 2. The van der Waals surface area contributed by atoms with E-state index in [0.29, 0.717) is 0 Å². The van der Waals surface area contributed by atoms with Crippen LogP contribution in [0, 0.1) is 5.92 Å². The highest BCUT2D eigenvalue weighted by molar-refractivity contribution is 5.87. The molecular formula is C17H18F12O2. The Kier molecular flexibility index (Phi) is 8.16. The van der Waals surface area contributed by atoms with Crippen molar-refractivity contribution in [1.82, 2.24) is 0 Å². The minimum atomic E-state index is -7.54. The minimum absolute atomic E-state index is 0.0371.